The quantitative estimate of drug-likeness (QED) is 0.242. The lowest BCUT2D eigenvalue weighted by molar-refractivity contribution is -0.144. The standard InChI is InChI=1S/C35H53N9O6/c1-34(2,3)26(30(48)42-13-15-43(16-14-42)32-37-11-8-12-38-32)40-33(50)41-27(35(4,5)6)31(49)44-19-21-18-22(21)24(44)29(47)39-23(25(45)28(36)46)17-20-9-7-10-20/h8,11-12,20-24,26-27H,7,9-10,13-19H2,1-6H3,(H2,36,46)(H,39,47)(H2,40,41,50)/t21-,22-,23?,24-,26+,27?/m0/s1. The summed E-state index contributed by atoms with van der Waals surface area (Å²) in [6.07, 6.45) is 7.33. The summed E-state index contributed by atoms with van der Waals surface area (Å²) in [7, 11) is 0. The minimum atomic E-state index is -1.10. The average Bonchev–Trinajstić information content (AvgIpc) is 3.70. The maximum Gasteiger partial charge on any atom is 0.316 e. The SMILES string of the molecule is CC(C)(C)C(NC(=O)N[C@H](C(=O)N1CCN(c2ncccn2)CC1)C(C)(C)C)C(=O)N1C[C@@H]2C[C@@H]2[C@H]1C(=O)NC(CC1CCC1)C(=O)C(N)=O. The van der Waals surface area contributed by atoms with E-state index in [2.05, 4.69) is 25.9 Å². The van der Waals surface area contributed by atoms with Crippen LogP contribution in [-0.2, 0) is 24.0 Å². The number of likely N-dealkylation sites (tertiary alicyclic amines) is 1. The third-order valence-electron chi connectivity index (χ3n) is 10.6. The van der Waals surface area contributed by atoms with Crippen LogP contribution < -0.4 is 26.6 Å². The van der Waals surface area contributed by atoms with Crippen LogP contribution in [0.2, 0.25) is 0 Å². The van der Waals surface area contributed by atoms with Crippen LogP contribution in [0.1, 0.15) is 73.6 Å². The minimum Gasteiger partial charge on any atom is -0.363 e. The van der Waals surface area contributed by atoms with Crippen molar-refractivity contribution in [3.05, 3.63) is 18.5 Å². The molecule has 2 aliphatic heterocycles. The van der Waals surface area contributed by atoms with Gasteiger partial charge in [0.25, 0.3) is 5.91 Å². The topological polar surface area (TPSA) is 200 Å². The highest BCUT2D eigenvalue weighted by atomic mass is 16.2. The molecule has 15 heteroatoms. The second-order valence-corrected chi connectivity index (χ2v) is 16.5. The minimum absolute atomic E-state index is 0.0711. The molecule has 4 aliphatic rings. The fraction of sp³-hybridized carbons (Fsp3) is 0.714. The maximum absolute atomic E-state index is 14.3. The van der Waals surface area contributed by atoms with Crippen LogP contribution >= 0.6 is 0 Å². The summed E-state index contributed by atoms with van der Waals surface area (Å²) in [5.74, 6) is -2.18. The Bertz CT molecular complexity index is 1460. The smallest absolute Gasteiger partial charge is 0.316 e. The third-order valence-corrected chi connectivity index (χ3v) is 10.6. The number of urea groups is 1. The second kappa shape index (κ2) is 14.5. The molecular formula is C35H53N9O6. The maximum atomic E-state index is 14.3. The van der Waals surface area contributed by atoms with E-state index in [0.717, 1.165) is 25.7 Å². The number of fused-ring (bicyclic) bond motifs is 1. The zero-order valence-corrected chi connectivity index (χ0v) is 30.1. The van der Waals surface area contributed by atoms with Crippen molar-refractivity contribution in [2.45, 2.75) is 97.8 Å². The average molecular weight is 696 g/mol. The summed E-state index contributed by atoms with van der Waals surface area (Å²) in [4.78, 5) is 93.8. The molecule has 0 aromatic carbocycles. The Balaban J connectivity index is 1.25. The molecule has 4 fully saturated rings. The highest BCUT2D eigenvalue weighted by Gasteiger charge is 2.58. The van der Waals surface area contributed by atoms with Crippen molar-refractivity contribution < 1.29 is 28.8 Å². The fourth-order valence-corrected chi connectivity index (χ4v) is 7.28. The van der Waals surface area contributed by atoms with Gasteiger partial charge in [0.05, 0.1) is 6.04 Å². The lowest BCUT2D eigenvalue weighted by Gasteiger charge is -2.40. The van der Waals surface area contributed by atoms with Crippen LogP contribution in [0.25, 0.3) is 0 Å². The number of hydrogen-bond donors (Lipinski definition) is 4. The molecule has 6 atom stereocenters. The summed E-state index contributed by atoms with van der Waals surface area (Å²) >= 11 is 0. The molecule has 2 unspecified atom stereocenters. The number of piperidine rings is 1. The molecule has 6 amide bonds. The van der Waals surface area contributed by atoms with Gasteiger partial charge in [-0.1, -0.05) is 60.8 Å². The molecule has 1 aromatic heterocycles. The molecule has 5 rings (SSSR count). The summed E-state index contributed by atoms with van der Waals surface area (Å²) in [6.45, 7) is 13.4. The first kappa shape index (κ1) is 37.0. The largest absolute Gasteiger partial charge is 0.363 e. The number of aromatic nitrogens is 2. The van der Waals surface area contributed by atoms with Crippen LogP contribution in [0.3, 0.4) is 0 Å². The first-order valence-corrected chi connectivity index (χ1v) is 17.8. The zero-order valence-electron chi connectivity index (χ0n) is 30.1. The van der Waals surface area contributed by atoms with Crippen molar-refractivity contribution >= 4 is 41.4 Å². The van der Waals surface area contributed by atoms with Crippen LogP contribution in [0, 0.1) is 28.6 Å². The number of rotatable bonds is 11. The normalized spacial score (nSPS) is 23.9. The van der Waals surface area contributed by atoms with E-state index in [1.165, 1.54) is 4.90 Å². The predicted octanol–water partition coefficient (Wildman–Crippen LogP) is 0.830. The van der Waals surface area contributed by atoms with Crippen molar-refractivity contribution in [1.82, 2.24) is 35.7 Å². The van der Waals surface area contributed by atoms with Crippen LogP contribution in [0.5, 0.6) is 0 Å². The number of nitrogens with one attached hydrogen (secondary N) is 3. The van der Waals surface area contributed by atoms with Gasteiger partial charge in [-0.15, -0.1) is 0 Å². The van der Waals surface area contributed by atoms with Crippen molar-refractivity contribution in [3.63, 3.8) is 0 Å². The highest BCUT2D eigenvalue weighted by molar-refractivity contribution is 6.37. The van der Waals surface area contributed by atoms with Crippen LogP contribution in [0.15, 0.2) is 18.5 Å². The first-order chi connectivity index (χ1) is 23.5. The molecule has 2 saturated carbocycles. The van der Waals surface area contributed by atoms with E-state index in [1.807, 2.05) is 46.4 Å². The van der Waals surface area contributed by atoms with E-state index in [-0.39, 0.29) is 23.7 Å². The number of nitrogens with two attached hydrogens (primary N) is 1. The number of nitrogens with zero attached hydrogens (tertiary/aromatic N) is 5. The van der Waals surface area contributed by atoms with E-state index < -0.39 is 64.5 Å². The summed E-state index contributed by atoms with van der Waals surface area (Å²) in [5, 5.41) is 8.47. The van der Waals surface area contributed by atoms with Crippen molar-refractivity contribution in [2.75, 3.05) is 37.6 Å². The Morgan fingerprint density at radius 2 is 1.44 bits per heavy atom. The summed E-state index contributed by atoms with van der Waals surface area (Å²) in [5.41, 5.74) is 3.91. The molecule has 0 radical (unpaired) electrons. The number of Topliss-reactive ketones (excluding diaryl/α,β-unsaturated/α-hetero) is 1. The number of carbonyl (C=O) groups is 6. The molecule has 2 aliphatic carbocycles. The Hall–Kier alpha value is -4.30. The summed E-state index contributed by atoms with van der Waals surface area (Å²) in [6, 6.07) is -2.71. The van der Waals surface area contributed by atoms with Gasteiger partial charge >= 0.3 is 6.03 Å². The lowest BCUT2D eigenvalue weighted by Crippen LogP contribution is -2.64. The van der Waals surface area contributed by atoms with Crippen LogP contribution in [0.4, 0.5) is 10.7 Å². The second-order valence-electron chi connectivity index (χ2n) is 16.5. The van der Waals surface area contributed by atoms with Gasteiger partial charge in [-0.3, -0.25) is 24.0 Å². The number of carbonyl (C=O) groups excluding carboxylic acids is 6. The molecule has 1 aromatic rings. The van der Waals surface area contributed by atoms with Gasteiger partial charge < -0.3 is 36.4 Å². The molecule has 2 saturated heterocycles. The predicted molar refractivity (Wildman–Crippen MR) is 184 cm³/mol. The molecule has 5 N–H and O–H groups in total. The third kappa shape index (κ3) is 8.35. The number of anilines is 1. The highest BCUT2D eigenvalue weighted by Crippen LogP contribution is 2.50. The van der Waals surface area contributed by atoms with Gasteiger partial charge in [-0.25, -0.2) is 14.8 Å². The van der Waals surface area contributed by atoms with Crippen molar-refractivity contribution in [1.29, 1.82) is 0 Å². The van der Waals surface area contributed by atoms with Crippen LogP contribution in [-0.4, -0.2) is 112 Å². The number of hydrogen-bond acceptors (Lipinski definition) is 9. The van der Waals surface area contributed by atoms with Gasteiger partial charge in [-0.2, -0.15) is 0 Å². The Kier molecular flexibility index (Phi) is 10.7. The lowest BCUT2D eigenvalue weighted by atomic mass is 9.80. The van der Waals surface area contributed by atoms with Gasteiger partial charge in [-0.05, 0) is 47.5 Å². The zero-order chi connectivity index (χ0) is 36.5. The number of primary amides is 1. The van der Waals surface area contributed by atoms with E-state index >= 15 is 0 Å². The van der Waals surface area contributed by atoms with Crippen molar-refractivity contribution in [3.8, 4) is 0 Å². The van der Waals surface area contributed by atoms with E-state index in [9.17, 15) is 28.8 Å². The molecule has 0 bridgehead atoms. The van der Waals surface area contributed by atoms with Gasteiger partial charge in [0.15, 0.2) is 0 Å². The summed E-state index contributed by atoms with van der Waals surface area (Å²) < 4.78 is 0. The Morgan fingerprint density at radius 1 is 0.860 bits per heavy atom. The molecule has 3 heterocycles. The monoisotopic (exact) mass is 695 g/mol. The Morgan fingerprint density at radius 3 is 1.96 bits per heavy atom. The molecular weight excluding hydrogens is 642 g/mol. The number of piperazine rings is 1. The molecule has 15 nitrogen and oxygen atoms in total. The van der Waals surface area contributed by atoms with E-state index in [0.29, 0.717) is 45.1 Å². The molecule has 274 valence electrons. The number of ketones is 1. The molecule has 50 heavy (non-hydrogen) atoms. The fourth-order valence-electron chi connectivity index (χ4n) is 7.28. The van der Waals surface area contributed by atoms with Crippen molar-refractivity contribution in [2.24, 2.45) is 34.3 Å². The molecule has 0 spiro atoms. The Labute approximate surface area is 293 Å². The van der Waals surface area contributed by atoms with E-state index in [4.69, 9.17) is 5.73 Å². The van der Waals surface area contributed by atoms with Gasteiger partial charge in [0.1, 0.15) is 18.1 Å². The van der Waals surface area contributed by atoms with Gasteiger partial charge in [0.2, 0.25) is 29.5 Å². The number of amides is 6. The van der Waals surface area contributed by atoms with E-state index in [1.54, 1.807) is 23.4 Å². The first-order valence-electron chi connectivity index (χ1n) is 17.8. The van der Waals surface area contributed by atoms with Gasteiger partial charge in [0, 0.05) is 45.1 Å².